The fourth-order valence-electron chi connectivity index (χ4n) is 3.65. The summed E-state index contributed by atoms with van der Waals surface area (Å²) in [7, 11) is 0. The van der Waals surface area contributed by atoms with Gasteiger partial charge in [0.1, 0.15) is 0 Å². The van der Waals surface area contributed by atoms with Gasteiger partial charge in [-0.15, -0.1) is 0 Å². The summed E-state index contributed by atoms with van der Waals surface area (Å²) in [6.07, 6.45) is 3.93. The summed E-state index contributed by atoms with van der Waals surface area (Å²) < 4.78 is 0. The van der Waals surface area contributed by atoms with Crippen LogP contribution in [0.25, 0.3) is 0 Å². The van der Waals surface area contributed by atoms with Crippen molar-refractivity contribution < 1.29 is 0 Å². The van der Waals surface area contributed by atoms with E-state index in [2.05, 4.69) is 50.5 Å². The molecule has 1 aromatic carbocycles. The Morgan fingerprint density at radius 3 is 2.39 bits per heavy atom. The van der Waals surface area contributed by atoms with Crippen molar-refractivity contribution in [1.82, 2.24) is 5.43 Å². The zero-order valence-electron chi connectivity index (χ0n) is 11.8. The highest BCUT2D eigenvalue weighted by atomic mass is 15.2. The van der Waals surface area contributed by atoms with Crippen molar-refractivity contribution in [2.75, 3.05) is 0 Å². The van der Waals surface area contributed by atoms with Crippen LogP contribution in [-0.2, 0) is 0 Å². The first-order valence-electron chi connectivity index (χ1n) is 7.12. The monoisotopic (exact) mass is 246 g/mol. The molecule has 1 aliphatic carbocycles. The molecule has 0 amide bonds. The van der Waals surface area contributed by atoms with Crippen molar-refractivity contribution in [3.8, 4) is 0 Å². The lowest BCUT2D eigenvalue weighted by molar-refractivity contribution is 0.177. The van der Waals surface area contributed by atoms with Gasteiger partial charge in [-0.25, -0.2) is 0 Å². The second-order valence-corrected chi connectivity index (χ2v) is 6.24. The first-order chi connectivity index (χ1) is 8.60. The van der Waals surface area contributed by atoms with Gasteiger partial charge in [-0.05, 0) is 49.5 Å². The molecular formula is C16H26N2. The molecule has 0 saturated heterocycles. The molecule has 0 bridgehead atoms. The third-order valence-corrected chi connectivity index (χ3v) is 4.27. The second kappa shape index (κ2) is 5.85. The smallest absolute Gasteiger partial charge is 0.0488 e. The molecule has 0 spiro atoms. The maximum absolute atomic E-state index is 5.83. The molecular weight excluding hydrogens is 220 g/mol. The molecule has 1 aliphatic rings. The molecule has 18 heavy (non-hydrogen) atoms. The topological polar surface area (TPSA) is 38.0 Å². The van der Waals surface area contributed by atoms with E-state index in [0.29, 0.717) is 12.0 Å². The lowest BCUT2D eigenvalue weighted by Crippen LogP contribution is -2.37. The summed E-state index contributed by atoms with van der Waals surface area (Å²) in [5.41, 5.74) is 5.70. The Balaban J connectivity index is 2.17. The van der Waals surface area contributed by atoms with Crippen LogP contribution in [0.1, 0.15) is 50.3 Å². The van der Waals surface area contributed by atoms with E-state index < -0.39 is 0 Å². The Labute approximate surface area is 111 Å². The SMILES string of the molecule is Cc1cccc(C(NN)C2CC(C)CC(C)C2)c1. The average molecular weight is 246 g/mol. The highest BCUT2D eigenvalue weighted by Gasteiger charge is 2.30. The standard InChI is InChI=1S/C16H26N2/c1-11-5-4-6-14(8-11)16(18-17)15-9-12(2)7-13(3)10-15/h4-6,8,12-13,15-16,18H,7,9-10,17H2,1-3H3. The summed E-state index contributed by atoms with van der Waals surface area (Å²) in [5, 5.41) is 0. The maximum atomic E-state index is 5.83. The molecule has 1 fully saturated rings. The molecule has 2 rings (SSSR count). The number of benzene rings is 1. The zero-order chi connectivity index (χ0) is 13.1. The fourth-order valence-corrected chi connectivity index (χ4v) is 3.65. The zero-order valence-corrected chi connectivity index (χ0v) is 11.8. The Morgan fingerprint density at radius 1 is 1.17 bits per heavy atom. The van der Waals surface area contributed by atoms with E-state index in [4.69, 9.17) is 5.84 Å². The van der Waals surface area contributed by atoms with Crippen LogP contribution in [0.15, 0.2) is 24.3 Å². The van der Waals surface area contributed by atoms with E-state index in [1.165, 1.54) is 30.4 Å². The Hall–Kier alpha value is -0.860. The summed E-state index contributed by atoms with van der Waals surface area (Å²) in [4.78, 5) is 0. The normalized spacial score (nSPS) is 30.1. The van der Waals surface area contributed by atoms with Gasteiger partial charge in [0.2, 0.25) is 0 Å². The van der Waals surface area contributed by atoms with Crippen molar-refractivity contribution in [2.24, 2.45) is 23.6 Å². The van der Waals surface area contributed by atoms with Crippen LogP contribution < -0.4 is 11.3 Å². The molecule has 2 heteroatoms. The largest absolute Gasteiger partial charge is 0.271 e. The average Bonchev–Trinajstić information content (AvgIpc) is 2.28. The maximum Gasteiger partial charge on any atom is 0.0488 e. The fraction of sp³-hybridized carbons (Fsp3) is 0.625. The Morgan fingerprint density at radius 2 is 1.83 bits per heavy atom. The van der Waals surface area contributed by atoms with Crippen LogP contribution in [-0.4, -0.2) is 0 Å². The predicted octanol–water partition coefficient (Wildman–Crippen LogP) is 3.57. The van der Waals surface area contributed by atoms with Gasteiger partial charge in [-0.2, -0.15) is 0 Å². The molecule has 100 valence electrons. The van der Waals surface area contributed by atoms with Crippen molar-refractivity contribution in [3.63, 3.8) is 0 Å². The summed E-state index contributed by atoms with van der Waals surface area (Å²) in [5.74, 6) is 8.13. The van der Waals surface area contributed by atoms with Crippen LogP contribution in [0.3, 0.4) is 0 Å². The number of hydrazine groups is 1. The highest BCUT2D eigenvalue weighted by Crippen LogP contribution is 2.39. The van der Waals surface area contributed by atoms with Crippen molar-refractivity contribution in [1.29, 1.82) is 0 Å². The minimum atomic E-state index is 0.301. The van der Waals surface area contributed by atoms with E-state index in [1.54, 1.807) is 0 Å². The number of nitrogens with two attached hydrogens (primary N) is 1. The van der Waals surface area contributed by atoms with Gasteiger partial charge >= 0.3 is 0 Å². The van der Waals surface area contributed by atoms with Gasteiger partial charge in [-0.3, -0.25) is 11.3 Å². The van der Waals surface area contributed by atoms with Crippen LogP contribution in [0.4, 0.5) is 0 Å². The third kappa shape index (κ3) is 3.12. The molecule has 2 nitrogen and oxygen atoms in total. The predicted molar refractivity (Wildman–Crippen MR) is 76.9 cm³/mol. The van der Waals surface area contributed by atoms with Gasteiger partial charge in [-0.1, -0.05) is 43.7 Å². The van der Waals surface area contributed by atoms with Gasteiger partial charge in [0.15, 0.2) is 0 Å². The van der Waals surface area contributed by atoms with Gasteiger partial charge in [0.25, 0.3) is 0 Å². The molecule has 3 unspecified atom stereocenters. The molecule has 1 saturated carbocycles. The minimum Gasteiger partial charge on any atom is -0.271 e. The van der Waals surface area contributed by atoms with Gasteiger partial charge < -0.3 is 0 Å². The summed E-state index contributed by atoms with van der Waals surface area (Å²) in [6.45, 7) is 6.88. The molecule has 3 atom stereocenters. The first-order valence-corrected chi connectivity index (χ1v) is 7.12. The molecule has 3 N–H and O–H groups in total. The number of hydrogen-bond acceptors (Lipinski definition) is 2. The van der Waals surface area contributed by atoms with Crippen LogP contribution >= 0.6 is 0 Å². The molecule has 0 aliphatic heterocycles. The number of aryl methyl sites for hydroxylation is 1. The van der Waals surface area contributed by atoms with Crippen LogP contribution in [0.5, 0.6) is 0 Å². The van der Waals surface area contributed by atoms with E-state index >= 15 is 0 Å². The van der Waals surface area contributed by atoms with Crippen LogP contribution in [0, 0.1) is 24.7 Å². The van der Waals surface area contributed by atoms with Crippen molar-refractivity contribution in [3.05, 3.63) is 35.4 Å². The first kappa shape index (κ1) is 13.6. The van der Waals surface area contributed by atoms with E-state index in [9.17, 15) is 0 Å². The van der Waals surface area contributed by atoms with Gasteiger partial charge in [0, 0.05) is 6.04 Å². The van der Waals surface area contributed by atoms with Gasteiger partial charge in [0.05, 0.1) is 0 Å². The second-order valence-electron chi connectivity index (χ2n) is 6.24. The highest BCUT2D eigenvalue weighted by molar-refractivity contribution is 5.25. The molecule has 1 aromatic rings. The molecule has 0 radical (unpaired) electrons. The number of hydrogen-bond donors (Lipinski definition) is 2. The van der Waals surface area contributed by atoms with Crippen LogP contribution in [0.2, 0.25) is 0 Å². The lowest BCUT2D eigenvalue weighted by Gasteiger charge is -2.36. The van der Waals surface area contributed by atoms with E-state index in [-0.39, 0.29) is 0 Å². The Kier molecular flexibility index (Phi) is 4.41. The molecule has 0 aromatic heterocycles. The Bertz CT molecular complexity index is 378. The van der Waals surface area contributed by atoms with Crippen molar-refractivity contribution >= 4 is 0 Å². The van der Waals surface area contributed by atoms with E-state index in [0.717, 1.165) is 11.8 Å². The quantitative estimate of drug-likeness (QED) is 0.632. The summed E-state index contributed by atoms with van der Waals surface area (Å²) >= 11 is 0. The number of rotatable bonds is 3. The summed E-state index contributed by atoms with van der Waals surface area (Å²) in [6, 6.07) is 9.03. The third-order valence-electron chi connectivity index (χ3n) is 4.27. The minimum absolute atomic E-state index is 0.301. The van der Waals surface area contributed by atoms with E-state index in [1.807, 2.05) is 0 Å². The lowest BCUT2D eigenvalue weighted by atomic mass is 9.72. The molecule has 0 heterocycles. The van der Waals surface area contributed by atoms with Crippen molar-refractivity contribution in [2.45, 2.75) is 46.1 Å². The number of nitrogens with one attached hydrogen (secondary N) is 1.